The van der Waals surface area contributed by atoms with Crippen LogP contribution in [-0.2, 0) is 4.79 Å². The van der Waals surface area contributed by atoms with Crippen LogP contribution in [0.2, 0.25) is 0 Å². The fraction of sp³-hybridized carbons (Fsp3) is 0.409. The molecule has 1 N–H and O–H groups in total. The monoisotopic (exact) mass is 415 g/mol. The molecule has 2 aromatic rings. The molecule has 1 saturated heterocycles. The van der Waals surface area contributed by atoms with Gasteiger partial charge in [0.05, 0.1) is 12.0 Å². The average molecular weight is 416 g/mol. The van der Waals surface area contributed by atoms with Gasteiger partial charge in [0, 0.05) is 4.47 Å². The van der Waals surface area contributed by atoms with Crippen molar-refractivity contribution in [1.29, 1.82) is 0 Å². The van der Waals surface area contributed by atoms with E-state index in [1.54, 1.807) is 0 Å². The zero-order valence-electron chi connectivity index (χ0n) is 15.4. The Labute approximate surface area is 164 Å². The molecule has 3 nitrogen and oxygen atoms in total. The van der Waals surface area contributed by atoms with E-state index in [0.29, 0.717) is 18.8 Å². The SMILES string of the molecule is CC(C)c1ccc(C(c2ccc(Br)cc2)N2CCC(C(=O)O)CC2)cc1. The van der Waals surface area contributed by atoms with Gasteiger partial charge in [-0.1, -0.05) is 66.2 Å². The number of carboxylic acid groups (broad SMARTS) is 1. The predicted octanol–water partition coefficient (Wildman–Crippen LogP) is 5.46. The molecule has 2 aromatic carbocycles. The zero-order chi connectivity index (χ0) is 18.7. The number of likely N-dealkylation sites (tertiary alicyclic amines) is 1. The van der Waals surface area contributed by atoms with Crippen molar-refractivity contribution in [1.82, 2.24) is 4.90 Å². The Balaban J connectivity index is 1.89. The standard InChI is InChI=1S/C22H26BrNO2/c1-15(2)16-3-5-17(6-4-16)21(18-7-9-20(23)10-8-18)24-13-11-19(12-14-24)22(25)26/h3-10,15,19,21H,11-14H2,1-2H3,(H,25,26). The Morgan fingerprint density at radius 1 is 0.962 bits per heavy atom. The summed E-state index contributed by atoms with van der Waals surface area (Å²) in [6.45, 7) is 6.03. The molecule has 0 amide bonds. The van der Waals surface area contributed by atoms with Gasteiger partial charge in [-0.2, -0.15) is 0 Å². The maximum Gasteiger partial charge on any atom is 0.306 e. The first-order chi connectivity index (χ1) is 12.5. The first kappa shape index (κ1) is 19.1. The normalized spacial score (nSPS) is 17.4. The number of carbonyl (C=O) groups is 1. The number of benzene rings is 2. The molecule has 0 radical (unpaired) electrons. The molecular formula is C22H26BrNO2. The van der Waals surface area contributed by atoms with Gasteiger partial charge in [0.15, 0.2) is 0 Å². The van der Waals surface area contributed by atoms with Gasteiger partial charge < -0.3 is 5.11 Å². The summed E-state index contributed by atoms with van der Waals surface area (Å²) in [5.74, 6) is -0.354. The Morgan fingerprint density at radius 2 is 1.42 bits per heavy atom. The molecule has 0 saturated carbocycles. The van der Waals surface area contributed by atoms with Crippen molar-refractivity contribution in [3.63, 3.8) is 0 Å². The molecule has 1 aliphatic heterocycles. The smallest absolute Gasteiger partial charge is 0.306 e. The van der Waals surface area contributed by atoms with E-state index >= 15 is 0 Å². The topological polar surface area (TPSA) is 40.5 Å². The lowest BCUT2D eigenvalue weighted by molar-refractivity contribution is -0.143. The Hall–Kier alpha value is -1.65. The van der Waals surface area contributed by atoms with Crippen LogP contribution in [-0.4, -0.2) is 29.1 Å². The number of hydrogen-bond acceptors (Lipinski definition) is 2. The first-order valence-electron chi connectivity index (χ1n) is 9.28. The molecule has 26 heavy (non-hydrogen) atoms. The van der Waals surface area contributed by atoms with Gasteiger partial charge >= 0.3 is 5.97 Å². The minimum atomic E-state index is -0.661. The molecule has 3 rings (SSSR count). The fourth-order valence-corrected chi connectivity index (χ4v) is 3.99. The van der Waals surface area contributed by atoms with E-state index in [0.717, 1.165) is 17.6 Å². The maximum absolute atomic E-state index is 11.3. The number of aliphatic carboxylic acids is 1. The molecule has 138 valence electrons. The Bertz CT molecular complexity index is 732. The van der Waals surface area contributed by atoms with Crippen molar-refractivity contribution < 1.29 is 9.90 Å². The summed E-state index contributed by atoms with van der Waals surface area (Å²) in [5, 5.41) is 9.29. The second-order valence-electron chi connectivity index (χ2n) is 7.42. The van der Waals surface area contributed by atoms with Crippen molar-refractivity contribution >= 4 is 21.9 Å². The zero-order valence-corrected chi connectivity index (χ0v) is 16.9. The molecule has 1 aliphatic rings. The van der Waals surface area contributed by atoms with Gasteiger partial charge in [0.2, 0.25) is 0 Å². The first-order valence-corrected chi connectivity index (χ1v) is 10.1. The summed E-state index contributed by atoms with van der Waals surface area (Å²) in [7, 11) is 0. The van der Waals surface area contributed by atoms with Crippen LogP contribution in [0.25, 0.3) is 0 Å². The number of halogens is 1. The van der Waals surface area contributed by atoms with E-state index in [-0.39, 0.29) is 12.0 Å². The number of piperidine rings is 1. The highest BCUT2D eigenvalue weighted by molar-refractivity contribution is 9.10. The van der Waals surface area contributed by atoms with Crippen molar-refractivity contribution in [2.75, 3.05) is 13.1 Å². The van der Waals surface area contributed by atoms with Gasteiger partial charge in [0.25, 0.3) is 0 Å². The van der Waals surface area contributed by atoms with Crippen LogP contribution in [0.4, 0.5) is 0 Å². The van der Waals surface area contributed by atoms with Crippen LogP contribution >= 0.6 is 15.9 Å². The van der Waals surface area contributed by atoms with Crippen molar-refractivity contribution in [2.45, 2.75) is 38.6 Å². The number of nitrogens with zero attached hydrogens (tertiary/aromatic N) is 1. The van der Waals surface area contributed by atoms with E-state index in [4.69, 9.17) is 0 Å². The number of rotatable bonds is 5. The second-order valence-corrected chi connectivity index (χ2v) is 8.34. The largest absolute Gasteiger partial charge is 0.481 e. The van der Waals surface area contributed by atoms with E-state index in [1.165, 1.54) is 16.7 Å². The molecule has 0 aliphatic carbocycles. The van der Waals surface area contributed by atoms with Gasteiger partial charge in [-0.25, -0.2) is 0 Å². The lowest BCUT2D eigenvalue weighted by Gasteiger charge is -2.37. The van der Waals surface area contributed by atoms with E-state index in [1.807, 2.05) is 0 Å². The van der Waals surface area contributed by atoms with Crippen molar-refractivity contribution in [3.8, 4) is 0 Å². The molecule has 1 heterocycles. The lowest BCUT2D eigenvalue weighted by atomic mass is 9.90. The summed E-state index contributed by atoms with van der Waals surface area (Å²) >= 11 is 3.52. The number of carboxylic acids is 1. The van der Waals surface area contributed by atoms with Crippen LogP contribution in [0.15, 0.2) is 53.0 Å². The number of hydrogen-bond donors (Lipinski definition) is 1. The molecular weight excluding hydrogens is 390 g/mol. The second kappa shape index (κ2) is 8.36. The summed E-state index contributed by atoms with van der Waals surface area (Å²) in [4.78, 5) is 13.7. The van der Waals surface area contributed by atoms with Crippen LogP contribution in [0.5, 0.6) is 0 Å². The predicted molar refractivity (Wildman–Crippen MR) is 108 cm³/mol. The minimum absolute atomic E-state index is 0.166. The molecule has 0 bridgehead atoms. The highest BCUT2D eigenvalue weighted by Crippen LogP contribution is 2.33. The molecule has 1 fully saturated rings. The maximum atomic E-state index is 11.3. The lowest BCUT2D eigenvalue weighted by Crippen LogP contribution is -2.39. The van der Waals surface area contributed by atoms with Gasteiger partial charge in [0.1, 0.15) is 0 Å². The van der Waals surface area contributed by atoms with E-state index in [2.05, 4.69) is 83.2 Å². The average Bonchev–Trinajstić information content (AvgIpc) is 2.64. The quantitative estimate of drug-likeness (QED) is 0.704. The fourth-order valence-electron chi connectivity index (χ4n) is 3.73. The third-order valence-electron chi connectivity index (χ3n) is 5.35. The van der Waals surface area contributed by atoms with Crippen LogP contribution < -0.4 is 0 Å². The minimum Gasteiger partial charge on any atom is -0.481 e. The van der Waals surface area contributed by atoms with E-state index < -0.39 is 5.97 Å². The molecule has 0 spiro atoms. The highest BCUT2D eigenvalue weighted by atomic mass is 79.9. The summed E-state index contributed by atoms with van der Waals surface area (Å²) < 4.78 is 1.07. The van der Waals surface area contributed by atoms with E-state index in [9.17, 15) is 9.90 Å². The molecule has 1 atom stereocenters. The highest BCUT2D eigenvalue weighted by Gasteiger charge is 2.30. The van der Waals surface area contributed by atoms with Crippen molar-refractivity contribution in [3.05, 3.63) is 69.7 Å². The summed E-state index contributed by atoms with van der Waals surface area (Å²) in [6, 6.07) is 17.5. The molecule has 0 aromatic heterocycles. The summed E-state index contributed by atoms with van der Waals surface area (Å²) in [5.41, 5.74) is 3.86. The molecule has 4 heteroatoms. The van der Waals surface area contributed by atoms with Crippen LogP contribution in [0.3, 0.4) is 0 Å². The third kappa shape index (κ3) is 4.36. The van der Waals surface area contributed by atoms with Crippen LogP contribution in [0.1, 0.15) is 55.3 Å². The van der Waals surface area contributed by atoms with Crippen LogP contribution in [0, 0.1) is 5.92 Å². The third-order valence-corrected chi connectivity index (χ3v) is 5.88. The Kier molecular flexibility index (Phi) is 6.15. The van der Waals surface area contributed by atoms with Gasteiger partial charge in [-0.05, 0) is 60.7 Å². The Morgan fingerprint density at radius 3 is 1.88 bits per heavy atom. The molecule has 1 unspecified atom stereocenters. The summed E-state index contributed by atoms with van der Waals surface area (Å²) in [6.07, 6.45) is 1.43. The van der Waals surface area contributed by atoms with Crippen molar-refractivity contribution in [2.24, 2.45) is 5.92 Å². The van der Waals surface area contributed by atoms with Gasteiger partial charge in [-0.3, -0.25) is 9.69 Å². The van der Waals surface area contributed by atoms with Gasteiger partial charge in [-0.15, -0.1) is 0 Å².